The Labute approximate surface area is 76.6 Å². The van der Waals surface area contributed by atoms with Crippen molar-refractivity contribution in [3.63, 3.8) is 0 Å². The minimum absolute atomic E-state index is 0.199. The van der Waals surface area contributed by atoms with Crippen molar-refractivity contribution in [2.45, 2.75) is 19.8 Å². The monoisotopic (exact) mass is 183 g/mol. The first-order chi connectivity index (χ1) is 5.68. The van der Waals surface area contributed by atoms with Gasteiger partial charge in [-0.1, -0.05) is 17.7 Å². The number of aromatic nitrogens is 1. The second-order valence-corrected chi connectivity index (χ2v) is 3.08. The van der Waals surface area contributed by atoms with Gasteiger partial charge in [-0.25, -0.2) is 4.98 Å². The molecule has 0 spiro atoms. The molecule has 0 unspecified atom stereocenters. The topological polar surface area (TPSA) is 30.0 Å². The molecule has 12 heavy (non-hydrogen) atoms. The maximum atomic E-state index is 10.6. The molecule has 1 aromatic heterocycles. The Bertz CT molecular complexity index is 268. The molecule has 0 saturated carbocycles. The molecule has 1 aromatic rings. The number of carbonyl (C=O) groups is 1. The summed E-state index contributed by atoms with van der Waals surface area (Å²) in [5, 5.41) is 0.488. The highest BCUT2D eigenvalue weighted by atomic mass is 35.5. The minimum Gasteiger partial charge on any atom is -0.300 e. The van der Waals surface area contributed by atoms with E-state index in [1.54, 1.807) is 19.2 Å². The van der Waals surface area contributed by atoms with Crippen molar-refractivity contribution in [1.82, 2.24) is 4.98 Å². The average molecular weight is 184 g/mol. The van der Waals surface area contributed by atoms with Crippen LogP contribution in [0.3, 0.4) is 0 Å². The van der Waals surface area contributed by atoms with E-state index in [9.17, 15) is 4.79 Å². The van der Waals surface area contributed by atoms with E-state index in [4.69, 9.17) is 11.6 Å². The van der Waals surface area contributed by atoms with Gasteiger partial charge in [0.1, 0.15) is 10.9 Å². The van der Waals surface area contributed by atoms with E-state index >= 15 is 0 Å². The summed E-state index contributed by atoms with van der Waals surface area (Å²) < 4.78 is 0. The van der Waals surface area contributed by atoms with Gasteiger partial charge >= 0.3 is 0 Å². The lowest BCUT2D eigenvalue weighted by Gasteiger charge is -1.97. The summed E-state index contributed by atoms with van der Waals surface area (Å²) in [6.07, 6.45) is 3.02. The summed E-state index contributed by atoms with van der Waals surface area (Å²) >= 11 is 5.60. The van der Waals surface area contributed by atoms with Crippen LogP contribution in [0, 0.1) is 0 Å². The van der Waals surface area contributed by atoms with Crippen LogP contribution in [-0.2, 0) is 11.2 Å². The van der Waals surface area contributed by atoms with E-state index in [0.717, 1.165) is 12.0 Å². The molecule has 0 aliphatic rings. The highest BCUT2D eigenvalue weighted by Crippen LogP contribution is 2.06. The van der Waals surface area contributed by atoms with Crippen LogP contribution in [0.1, 0.15) is 18.9 Å². The normalized spacial score (nSPS) is 9.83. The van der Waals surface area contributed by atoms with Crippen LogP contribution in [0.2, 0.25) is 5.15 Å². The molecular formula is C9H10ClNO. The number of rotatable bonds is 3. The van der Waals surface area contributed by atoms with Gasteiger partial charge in [0.15, 0.2) is 0 Å². The summed E-state index contributed by atoms with van der Waals surface area (Å²) in [5.41, 5.74) is 1.05. The molecule has 1 rings (SSSR count). The van der Waals surface area contributed by atoms with Gasteiger partial charge in [-0.15, -0.1) is 0 Å². The highest BCUT2D eigenvalue weighted by molar-refractivity contribution is 6.29. The van der Waals surface area contributed by atoms with E-state index in [2.05, 4.69) is 4.98 Å². The summed E-state index contributed by atoms with van der Waals surface area (Å²) in [6, 6.07) is 3.62. The Kier molecular flexibility index (Phi) is 3.23. The number of aryl methyl sites for hydroxylation is 1. The fraction of sp³-hybridized carbons (Fsp3) is 0.333. The predicted molar refractivity (Wildman–Crippen MR) is 48.2 cm³/mol. The number of carbonyl (C=O) groups excluding carboxylic acids is 1. The highest BCUT2D eigenvalue weighted by Gasteiger charge is 1.96. The number of nitrogens with zero attached hydrogens (tertiary/aromatic N) is 1. The number of ketones is 1. The third kappa shape index (κ3) is 3.01. The van der Waals surface area contributed by atoms with Crippen LogP contribution in [0.15, 0.2) is 18.3 Å². The van der Waals surface area contributed by atoms with Crippen LogP contribution in [-0.4, -0.2) is 10.8 Å². The van der Waals surface area contributed by atoms with E-state index in [1.807, 2.05) is 6.07 Å². The van der Waals surface area contributed by atoms with Crippen molar-refractivity contribution >= 4 is 17.4 Å². The fourth-order valence-corrected chi connectivity index (χ4v) is 0.986. The Hall–Kier alpha value is -0.890. The lowest BCUT2D eigenvalue weighted by atomic mass is 10.1. The van der Waals surface area contributed by atoms with Crippen molar-refractivity contribution in [3.05, 3.63) is 29.0 Å². The predicted octanol–water partition coefficient (Wildman–Crippen LogP) is 2.26. The lowest BCUT2D eigenvalue weighted by molar-refractivity contribution is -0.116. The second-order valence-electron chi connectivity index (χ2n) is 2.69. The molecule has 0 aliphatic carbocycles. The Morgan fingerprint density at radius 1 is 1.58 bits per heavy atom. The van der Waals surface area contributed by atoms with Crippen LogP contribution in [0.4, 0.5) is 0 Å². The molecule has 0 radical (unpaired) electrons. The third-order valence-electron chi connectivity index (χ3n) is 1.55. The summed E-state index contributed by atoms with van der Waals surface area (Å²) in [7, 11) is 0. The molecule has 3 heteroatoms. The molecule has 64 valence electrons. The van der Waals surface area contributed by atoms with Gasteiger partial charge in [0.25, 0.3) is 0 Å². The molecule has 0 aromatic carbocycles. The van der Waals surface area contributed by atoms with E-state index in [1.165, 1.54) is 0 Å². The van der Waals surface area contributed by atoms with Gasteiger partial charge in [-0.05, 0) is 25.0 Å². The third-order valence-corrected chi connectivity index (χ3v) is 1.78. The standard InChI is InChI=1S/C9H10ClNO/c1-7(12)2-3-8-4-5-9(10)11-6-8/h4-6H,2-3H2,1H3. The summed E-state index contributed by atoms with van der Waals surface area (Å²) in [4.78, 5) is 14.5. The zero-order chi connectivity index (χ0) is 8.97. The first-order valence-corrected chi connectivity index (χ1v) is 4.16. The van der Waals surface area contributed by atoms with E-state index < -0.39 is 0 Å². The number of pyridine rings is 1. The van der Waals surface area contributed by atoms with Gasteiger partial charge < -0.3 is 4.79 Å². The molecule has 0 aliphatic heterocycles. The van der Waals surface area contributed by atoms with Crippen LogP contribution >= 0.6 is 11.6 Å². The lowest BCUT2D eigenvalue weighted by Crippen LogP contribution is -1.94. The van der Waals surface area contributed by atoms with Gasteiger partial charge in [0, 0.05) is 12.6 Å². The van der Waals surface area contributed by atoms with Crippen molar-refractivity contribution < 1.29 is 4.79 Å². The molecule has 1 heterocycles. The molecule has 0 saturated heterocycles. The molecule has 2 nitrogen and oxygen atoms in total. The van der Waals surface area contributed by atoms with Gasteiger partial charge in [-0.2, -0.15) is 0 Å². The zero-order valence-corrected chi connectivity index (χ0v) is 7.64. The smallest absolute Gasteiger partial charge is 0.130 e. The molecule has 0 amide bonds. The average Bonchev–Trinajstić information content (AvgIpc) is 2.03. The van der Waals surface area contributed by atoms with Crippen LogP contribution < -0.4 is 0 Å². The van der Waals surface area contributed by atoms with E-state index in [-0.39, 0.29) is 5.78 Å². The van der Waals surface area contributed by atoms with Crippen molar-refractivity contribution in [2.75, 3.05) is 0 Å². The van der Waals surface area contributed by atoms with Gasteiger partial charge in [0.05, 0.1) is 0 Å². The Morgan fingerprint density at radius 3 is 2.83 bits per heavy atom. The fourth-order valence-electron chi connectivity index (χ4n) is 0.875. The van der Waals surface area contributed by atoms with Crippen molar-refractivity contribution in [2.24, 2.45) is 0 Å². The van der Waals surface area contributed by atoms with Crippen molar-refractivity contribution in [1.29, 1.82) is 0 Å². The summed E-state index contributed by atoms with van der Waals surface area (Å²) in [6.45, 7) is 1.59. The Morgan fingerprint density at radius 2 is 2.33 bits per heavy atom. The number of halogens is 1. The second kappa shape index (κ2) is 4.21. The maximum absolute atomic E-state index is 10.6. The number of Topliss-reactive ketones (excluding diaryl/α,β-unsaturated/α-hetero) is 1. The minimum atomic E-state index is 0.199. The quantitative estimate of drug-likeness (QED) is 0.673. The molecular weight excluding hydrogens is 174 g/mol. The number of hydrogen-bond acceptors (Lipinski definition) is 2. The molecule has 0 N–H and O–H groups in total. The van der Waals surface area contributed by atoms with Crippen LogP contribution in [0.5, 0.6) is 0 Å². The number of hydrogen-bond donors (Lipinski definition) is 0. The van der Waals surface area contributed by atoms with Crippen molar-refractivity contribution in [3.8, 4) is 0 Å². The summed E-state index contributed by atoms with van der Waals surface area (Å²) in [5.74, 6) is 0.199. The molecule has 0 atom stereocenters. The first kappa shape index (κ1) is 9.20. The molecule has 0 fully saturated rings. The van der Waals surface area contributed by atoms with E-state index in [0.29, 0.717) is 11.6 Å². The maximum Gasteiger partial charge on any atom is 0.130 e. The molecule has 0 bridgehead atoms. The van der Waals surface area contributed by atoms with Gasteiger partial charge in [0.2, 0.25) is 0 Å². The SMILES string of the molecule is CC(=O)CCc1ccc(Cl)nc1. The van der Waals surface area contributed by atoms with Crippen LogP contribution in [0.25, 0.3) is 0 Å². The first-order valence-electron chi connectivity index (χ1n) is 3.78. The Balaban J connectivity index is 2.53. The zero-order valence-electron chi connectivity index (χ0n) is 6.88. The largest absolute Gasteiger partial charge is 0.300 e. The van der Waals surface area contributed by atoms with Gasteiger partial charge in [-0.3, -0.25) is 0 Å².